The van der Waals surface area contributed by atoms with Crippen LogP contribution in [-0.4, -0.2) is 15.0 Å². The van der Waals surface area contributed by atoms with Gasteiger partial charge in [0.25, 0.3) is 0 Å². The van der Waals surface area contributed by atoms with Crippen molar-refractivity contribution in [2.75, 3.05) is 0 Å². The summed E-state index contributed by atoms with van der Waals surface area (Å²) in [6, 6.07) is 80.7. The molecule has 63 heavy (non-hydrogen) atoms. The summed E-state index contributed by atoms with van der Waals surface area (Å²) in [5, 5.41) is 8.82. The third kappa shape index (κ3) is 7.11. The van der Waals surface area contributed by atoms with E-state index in [-0.39, 0.29) is 12.2 Å². The van der Waals surface area contributed by atoms with Crippen LogP contribution in [0.15, 0.2) is 229 Å². The topological polar surface area (TPSA) is 34.2 Å². The number of hydrogen-bond acceptors (Lipinski definition) is 2. The molecule has 4 nitrogen and oxygen atoms in total. The van der Waals surface area contributed by atoms with Crippen molar-refractivity contribution in [3.8, 4) is 39.1 Å². The summed E-state index contributed by atoms with van der Waals surface area (Å²) in [4.78, 5) is 5.51. The molecule has 0 spiro atoms. The van der Waals surface area contributed by atoms with Crippen LogP contribution in [0.5, 0.6) is 0 Å². The summed E-state index contributed by atoms with van der Waals surface area (Å²) in [6.45, 7) is 4.37. The normalized spacial score (nSPS) is 13.0. The van der Waals surface area contributed by atoms with Crippen LogP contribution in [0, 0.1) is 0 Å². The van der Waals surface area contributed by atoms with E-state index >= 15 is 0 Å². The first kappa shape index (κ1) is 38.2. The van der Waals surface area contributed by atoms with Crippen molar-refractivity contribution in [2.45, 2.75) is 26.1 Å². The van der Waals surface area contributed by atoms with Gasteiger partial charge in [-0.15, -0.1) is 0 Å². The Morgan fingerprint density at radius 3 is 1.54 bits per heavy atom. The van der Waals surface area contributed by atoms with Crippen LogP contribution in [0.1, 0.15) is 37.2 Å². The van der Waals surface area contributed by atoms with E-state index in [0.29, 0.717) is 0 Å². The largest absolute Gasteiger partial charge is 0.309 e. The average molecular weight is 811 g/mol. The number of rotatable bonds is 9. The van der Waals surface area contributed by atoms with E-state index in [1.807, 2.05) is 0 Å². The van der Waals surface area contributed by atoms with Crippen LogP contribution in [0.4, 0.5) is 0 Å². The maximum absolute atomic E-state index is 5.51. The number of aromatic nitrogens is 2. The Hall–Kier alpha value is -7.79. The van der Waals surface area contributed by atoms with Crippen LogP contribution in [0.25, 0.3) is 82.7 Å². The molecule has 2 atom stereocenters. The van der Waals surface area contributed by atoms with Crippen molar-refractivity contribution >= 4 is 49.4 Å². The van der Waals surface area contributed by atoms with Gasteiger partial charge in [-0.05, 0) is 113 Å². The quantitative estimate of drug-likeness (QED) is 0.114. The predicted octanol–water partition coefficient (Wildman–Crippen LogP) is 15.2. The first-order chi connectivity index (χ1) is 31.1. The highest BCUT2D eigenvalue weighted by Crippen LogP contribution is 2.38. The first-order valence-corrected chi connectivity index (χ1v) is 21.8. The molecule has 0 saturated heterocycles. The number of para-hydroxylation sites is 3. The van der Waals surface area contributed by atoms with E-state index in [4.69, 9.17) is 4.99 Å². The number of fused-ring (bicyclic) bond motifs is 6. The molecule has 0 aliphatic rings. The number of benzene rings is 9. The first-order valence-electron chi connectivity index (χ1n) is 21.8. The molecule has 11 aromatic rings. The van der Waals surface area contributed by atoms with Gasteiger partial charge in [-0.2, -0.15) is 0 Å². The van der Waals surface area contributed by atoms with Crippen molar-refractivity contribution in [2.24, 2.45) is 4.99 Å². The lowest BCUT2D eigenvalue weighted by Gasteiger charge is -2.23. The Balaban J connectivity index is 0.939. The molecule has 0 radical (unpaired) electrons. The molecule has 2 aromatic heterocycles. The second-order valence-electron chi connectivity index (χ2n) is 16.5. The highest BCUT2D eigenvalue weighted by Gasteiger charge is 2.20. The minimum atomic E-state index is -0.282. The molecule has 2 heterocycles. The van der Waals surface area contributed by atoms with Crippen LogP contribution < -0.4 is 5.32 Å². The fourth-order valence-electron chi connectivity index (χ4n) is 9.40. The van der Waals surface area contributed by atoms with Crippen molar-refractivity contribution in [3.63, 3.8) is 0 Å². The smallest absolute Gasteiger partial charge is 0.128 e. The Labute approximate surface area is 368 Å². The monoisotopic (exact) mass is 810 g/mol. The number of nitrogens with zero attached hydrogens (tertiary/aromatic N) is 3. The highest BCUT2D eigenvalue weighted by atomic mass is 15.2. The Morgan fingerprint density at radius 2 is 0.841 bits per heavy atom. The molecule has 4 heteroatoms. The summed E-state index contributed by atoms with van der Waals surface area (Å²) >= 11 is 0. The summed E-state index contributed by atoms with van der Waals surface area (Å²) in [6.07, 6.45) is -0.282. The lowest BCUT2D eigenvalue weighted by atomic mass is 9.97. The van der Waals surface area contributed by atoms with Gasteiger partial charge in [0.1, 0.15) is 12.0 Å². The third-order valence-electron chi connectivity index (χ3n) is 12.6. The van der Waals surface area contributed by atoms with Crippen LogP contribution >= 0.6 is 0 Å². The van der Waals surface area contributed by atoms with Gasteiger partial charge in [-0.3, -0.25) is 9.88 Å². The molecule has 0 amide bonds. The standard InChI is InChI=1S/C59H46N4/c1-40(46-21-16-22-47(37-46)44-31-29-43(30-32-44)42-17-6-3-7-18-42)60-59(45-19-8-4-9-20-45)61-41(2)62-55-27-14-12-25-51(55)53-38-48(33-35-57(53)62)49-34-36-58-54(39-49)52-26-13-15-28-56(52)63(58)50-23-10-5-11-24-50/h3-40,59-60H,1-2H3/b61-41+. The van der Waals surface area contributed by atoms with E-state index in [2.05, 4.69) is 253 Å². The van der Waals surface area contributed by atoms with Gasteiger partial charge in [0, 0.05) is 33.3 Å². The maximum atomic E-state index is 5.51. The second-order valence-corrected chi connectivity index (χ2v) is 16.5. The molecule has 302 valence electrons. The molecule has 0 bridgehead atoms. The fraction of sp³-hybridized carbons (Fsp3) is 0.0678. The number of hydrogen-bond donors (Lipinski definition) is 1. The van der Waals surface area contributed by atoms with E-state index in [1.54, 1.807) is 0 Å². The highest BCUT2D eigenvalue weighted by molar-refractivity contribution is 6.15. The van der Waals surface area contributed by atoms with Gasteiger partial charge in [-0.25, -0.2) is 4.99 Å². The number of aliphatic imine (C=N–C) groups is 1. The van der Waals surface area contributed by atoms with E-state index in [0.717, 1.165) is 28.1 Å². The zero-order valence-corrected chi connectivity index (χ0v) is 35.4. The molecule has 0 aliphatic carbocycles. The molecule has 0 aliphatic heterocycles. The molecule has 1 N–H and O–H groups in total. The lowest BCUT2D eigenvalue weighted by Crippen LogP contribution is -2.25. The lowest BCUT2D eigenvalue weighted by molar-refractivity contribution is 0.480. The molecular formula is C59H46N4. The minimum absolute atomic E-state index is 0.0232. The van der Waals surface area contributed by atoms with Gasteiger partial charge in [0.05, 0.1) is 22.1 Å². The van der Waals surface area contributed by atoms with E-state index in [9.17, 15) is 0 Å². The minimum Gasteiger partial charge on any atom is -0.309 e. The van der Waals surface area contributed by atoms with Crippen LogP contribution in [0.3, 0.4) is 0 Å². The summed E-state index contributed by atoms with van der Waals surface area (Å²) in [5.74, 6) is 0.921. The summed E-state index contributed by atoms with van der Waals surface area (Å²) in [7, 11) is 0. The van der Waals surface area contributed by atoms with Crippen molar-refractivity contribution in [1.29, 1.82) is 0 Å². The Bertz CT molecular complexity index is 3430. The van der Waals surface area contributed by atoms with Gasteiger partial charge in [-0.1, -0.05) is 170 Å². The molecule has 11 rings (SSSR count). The molecule has 0 fully saturated rings. The van der Waals surface area contributed by atoms with Gasteiger partial charge < -0.3 is 4.57 Å². The summed E-state index contributed by atoms with van der Waals surface area (Å²) in [5.41, 5.74) is 15.4. The van der Waals surface area contributed by atoms with E-state index < -0.39 is 0 Å². The van der Waals surface area contributed by atoms with Crippen LogP contribution in [0.2, 0.25) is 0 Å². The Morgan fingerprint density at radius 1 is 0.397 bits per heavy atom. The molecule has 0 saturated carbocycles. The number of nitrogens with one attached hydrogen (secondary N) is 1. The summed E-state index contributed by atoms with van der Waals surface area (Å²) < 4.78 is 4.70. The van der Waals surface area contributed by atoms with Gasteiger partial charge >= 0.3 is 0 Å². The molecular weight excluding hydrogens is 765 g/mol. The van der Waals surface area contributed by atoms with Gasteiger partial charge in [0.15, 0.2) is 0 Å². The Kier molecular flexibility index (Phi) is 9.84. The zero-order chi connectivity index (χ0) is 42.3. The SMILES string of the molecule is C/C(=N\C(NC(C)c1cccc(-c2ccc(-c3ccccc3)cc2)c1)c1ccccc1)n1c2ccccc2c2cc(-c3ccc4c(c3)c3ccccc3n4-c3ccccc3)ccc21. The second kappa shape index (κ2) is 16.2. The average Bonchev–Trinajstić information content (AvgIpc) is 3.87. The zero-order valence-electron chi connectivity index (χ0n) is 35.4. The van der Waals surface area contributed by atoms with E-state index in [1.165, 1.54) is 71.5 Å². The van der Waals surface area contributed by atoms with Crippen molar-refractivity contribution in [3.05, 3.63) is 236 Å². The van der Waals surface area contributed by atoms with Crippen molar-refractivity contribution in [1.82, 2.24) is 14.5 Å². The molecule has 9 aromatic carbocycles. The molecule has 2 unspecified atom stereocenters. The third-order valence-corrected chi connectivity index (χ3v) is 12.6. The fourth-order valence-corrected chi connectivity index (χ4v) is 9.40. The van der Waals surface area contributed by atoms with Crippen LogP contribution in [-0.2, 0) is 0 Å². The van der Waals surface area contributed by atoms with Crippen molar-refractivity contribution < 1.29 is 0 Å². The van der Waals surface area contributed by atoms with Gasteiger partial charge in [0.2, 0.25) is 0 Å². The predicted molar refractivity (Wildman–Crippen MR) is 266 cm³/mol. The maximum Gasteiger partial charge on any atom is 0.128 e.